The predicted molar refractivity (Wildman–Crippen MR) is 51.8 cm³/mol. The predicted octanol–water partition coefficient (Wildman–Crippen LogP) is 0.660. The molecule has 0 heterocycles. The average Bonchev–Trinajstić information content (AvgIpc) is 2.66. The van der Waals surface area contributed by atoms with E-state index in [9.17, 15) is 9.59 Å². The van der Waals surface area contributed by atoms with Gasteiger partial charge in [-0.25, -0.2) is 0 Å². The summed E-state index contributed by atoms with van der Waals surface area (Å²) in [6.45, 7) is 1.39. The van der Waals surface area contributed by atoms with Crippen LogP contribution < -0.4 is 5.32 Å². The fourth-order valence-electron chi connectivity index (χ4n) is 1.76. The summed E-state index contributed by atoms with van der Waals surface area (Å²) in [4.78, 5) is 22.3. The fourth-order valence-corrected chi connectivity index (χ4v) is 1.76. The number of carboxylic acids is 1. The zero-order valence-electron chi connectivity index (χ0n) is 8.62. The number of amides is 1. The van der Waals surface area contributed by atoms with E-state index in [1.54, 1.807) is 0 Å². The highest BCUT2D eigenvalue weighted by molar-refractivity contribution is 5.89. The topological polar surface area (TPSA) is 90.2 Å². The molecule has 0 bridgehead atoms. The molecule has 1 fully saturated rings. The summed E-state index contributed by atoms with van der Waals surface area (Å²) in [6, 6.07) is 1.08. The number of carbonyl (C=O) groups is 2. The van der Waals surface area contributed by atoms with Gasteiger partial charge >= 0.3 is 5.97 Å². The number of rotatable bonds is 3. The molecule has 0 aromatic heterocycles. The van der Waals surface area contributed by atoms with Crippen LogP contribution in [0.3, 0.4) is 0 Å². The summed E-state index contributed by atoms with van der Waals surface area (Å²) in [5, 5.41) is 20.0. The fraction of sp³-hybridized carbons (Fsp3) is 0.700. The van der Waals surface area contributed by atoms with Gasteiger partial charge in [-0.05, 0) is 19.8 Å². The number of nitrogens with one attached hydrogen (secondary N) is 1. The van der Waals surface area contributed by atoms with Crippen molar-refractivity contribution >= 4 is 11.9 Å². The van der Waals surface area contributed by atoms with Crippen LogP contribution in [-0.4, -0.2) is 23.0 Å². The number of aliphatic carboxylic acids is 1. The Morgan fingerprint density at radius 1 is 1.47 bits per heavy atom. The molecular weight excluding hydrogens is 196 g/mol. The van der Waals surface area contributed by atoms with Gasteiger partial charge in [-0.1, -0.05) is 12.8 Å². The molecule has 0 aromatic carbocycles. The van der Waals surface area contributed by atoms with Crippen molar-refractivity contribution in [2.45, 2.75) is 38.6 Å². The Labute approximate surface area is 88.1 Å². The first-order valence-electron chi connectivity index (χ1n) is 4.97. The van der Waals surface area contributed by atoms with Crippen molar-refractivity contribution in [3.05, 3.63) is 0 Å². The zero-order chi connectivity index (χ0) is 11.5. The minimum atomic E-state index is -1.09. The molecule has 15 heavy (non-hydrogen) atoms. The molecular formula is C10H14N2O3. The molecule has 0 aliphatic heterocycles. The van der Waals surface area contributed by atoms with E-state index in [-0.39, 0.29) is 0 Å². The van der Waals surface area contributed by atoms with Gasteiger partial charge in [-0.3, -0.25) is 9.59 Å². The van der Waals surface area contributed by atoms with Crippen LogP contribution in [-0.2, 0) is 9.59 Å². The van der Waals surface area contributed by atoms with Gasteiger partial charge in [0.2, 0.25) is 5.91 Å². The van der Waals surface area contributed by atoms with E-state index in [0.29, 0.717) is 12.8 Å². The van der Waals surface area contributed by atoms with Gasteiger partial charge < -0.3 is 10.4 Å². The lowest BCUT2D eigenvalue weighted by atomic mass is 9.87. The molecule has 1 aliphatic carbocycles. The van der Waals surface area contributed by atoms with Crippen molar-refractivity contribution in [1.29, 1.82) is 5.26 Å². The Balaban J connectivity index is 2.67. The van der Waals surface area contributed by atoms with Crippen LogP contribution >= 0.6 is 0 Å². The number of nitriles is 1. The summed E-state index contributed by atoms with van der Waals surface area (Å²) in [5.41, 5.74) is -0.996. The SMILES string of the molecule is CC(NC(=O)C1(C#N)CCCC1)C(=O)O. The number of nitrogens with zero attached hydrogens (tertiary/aromatic N) is 1. The van der Waals surface area contributed by atoms with E-state index < -0.39 is 23.3 Å². The third kappa shape index (κ3) is 2.27. The molecule has 0 saturated heterocycles. The van der Waals surface area contributed by atoms with E-state index in [1.165, 1.54) is 6.92 Å². The highest BCUT2D eigenvalue weighted by Crippen LogP contribution is 2.37. The van der Waals surface area contributed by atoms with E-state index >= 15 is 0 Å². The molecule has 1 rings (SSSR count). The third-order valence-electron chi connectivity index (χ3n) is 2.82. The van der Waals surface area contributed by atoms with Gasteiger partial charge in [0, 0.05) is 0 Å². The molecule has 82 valence electrons. The van der Waals surface area contributed by atoms with E-state index in [0.717, 1.165) is 12.8 Å². The molecule has 0 aromatic rings. The number of hydrogen-bond acceptors (Lipinski definition) is 3. The second-order valence-electron chi connectivity index (χ2n) is 3.93. The first-order valence-corrected chi connectivity index (χ1v) is 4.97. The van der Waals surface area contributed by atoms with Crippen LogP contribution in [0, 0.1) is 16.7 Å². The molecule has 5 heteroatoms. The molecule has 1 saturated carbocycles. The third-order valence-corrected chi connectivity index (χ3v) is 2.82. The highest BCUT2D eigenvalue weighted by Gasteiger charge is 2.42. The Bertz CT molecular complexity index is 313. The van der Waals surface area contributed by atoms with Gasteiger partial charge in [0.15, 0.2) is 0 Å². The Morgan fingerprint density at radius 2 is 2.00 bits per heavy atom. The Morgan fingerprint density at radius 3 is 2.40 bits per heavy atom. The van der Waals surface area contributed by atoms with Crippen LogP contribution in [0.4, 0.5) is 0 Å². The lowest BCUT2D eigenvalue weighted by Gasteiger charge is -2.20. The largest absolute Gasteiger partial charge is 0.480 e. The maximum atomic E-state index is 11.7. The first-order chi connectivity index (χ1) is 7.02. The standard InChI is InChI=1S/C10H14N2O3/c1-7(8(13)14)12-9(15)10(6-11)4-2-3-5-10/h7H,2-5H2,1H3,(H,12,15)(H,13,14). The van der Waals surface area contributed by atoms with Gasteiger partial charge in [0.05, 0.1) is 6.07 Å². The average molecular weight is 210 g/mol. The summed E-state index contributed by atoms with van der Waals surface area (Å²) in [6.07, 6.45) is 2.76. The monoisotopic (exact) mass is 210 g/mol. The van der Waals surface area contributed by atoms with Gasteiger partial charge in [-0.2, -0.15) is 5.26 Å². The highest BCUT2D eigenvalue weighted by atomic mass is 16.4. The van der Waals surface area contributed by atoms with Crippen molar-refractivity contribution < 1.29 is 14.7 Å². The Kier molecular flexibility index (Phi) is 3.30. The summed E-state index contributed by atoms with van der Waals surface area (Å²) < 4.78 is 0. The number of carboxylic acid groups (broad SMARTS) is 1. The maximum absolute atomic E-state index is 11.7. The minimum absolute atomic E-state index is 0.447. The van der Waals surface area contributed by atoms with Gasteiger partial charge in [0.1, 0.15) is 11.5 Å². The first kappa shape index (κ1) is 11.5. The summed E-state index contributed by atoms with van der Waals surface area (Å²) in [5.74, 6) is -1.54. The van der Waals surface area contributed by atoms with Crippen molar-refractivity contribution in [2.24, 2.45) is 5.41 Å². The second-order valence-corrected chi connectivity index (χ2v) is 3.93. The second kappa shape index (κ2) is 4.30. The van der Waals surface area contributed by atoms with Crippen molar-refractivity contribution in [1.82, 2.24) is 5.32 Å². The van der Waals surface area contributed by atoms with Crippen molar-refractivity contribution in [3.8, 4) is 6.07 Å². The van der Waals surface area contributed by atoms with E-state index in [4.69, 9.17) is 10.4 Å². The van der Waals surface area contributed by atoms with Crippen molar-refractivity contribution in [3.63, 3.8) is 0 Å². The van der Waals surface area contributed by atoms with Crippen LogP contribution in [0.1, 0.15) is 32.6 Å². The smallest absolute Gasteiger partial charge is 0.325 e. The molecule has 1 unspecified atom stereocenters. The zero-order valence-corrected chi connectivity index (χ0v) is 8.62. The van der Waals surface area contributed by atoms with Crippen LogP contribution in [0.2, 0.25) is 0 Å². The lowest BCUT2D eigenvalue weighted by Crippen LogP contribution is -2.45. The van der Waals surface area contributed by atoms with Crippen LogP contribution in [0.15, 0.2) is 0 Å². The number of carbonyl (C=O) groups excluding carboxylic acids is 1. The lowest BCUT2D eigenvalue weighted by molar-refractivity contribution is -0.142. The Hall–Kier alpha value is -1.57. The minimum Gasteiger partial charge on any atom is -0.480 e. The molecule has 0 spiro atoms. The maximum Gasteiger partial charge on any atom is 0.325 e. The molecule has 5 nitrogen and oxygen atoms in total. The molecule has 1 aliphatic rings. The van der Waals surface area contributed by atoms with Crippen LogP contribution in [0.5, 0.6) is 0 Å². The summed E-state index contributed by atoms with van der Waals surface area (Å²) >= 11 is 0. The molecule has 2 N–H and O–H groups in total. The normalized spacial score (nSPS) is 20.3. The van der Waals surface area contributed by atoms with Crippen LogP contribution in [0.25, 0.3) is 0 Å². The van der Waals surface area contributed by atoms with E-state index in [1.807, 2.05) is 6.07 Å². The van der Waals surface area contributed by atoms with E-state index in [2.05, 4.69) is 5.32 Å². The molecule has 1 amide bonds. The number of hydrogen-bond donors (Lipinski definition) is 2. The quantitative estimate of drug-likeness (QED) is 0.716. The molecule has 0 radical (unpaired) electrons. The molecule has 1 atom stereocenters. The van der Waals surface area contributed by atoms with Gasteiger partial charge in [0.25, 0.3) is 0 Å². The summed E-state index contributed by atoms with van der Waals surface area (Å²) in [7, 11) is 0. The van der Waals surface area contributed by atoms with Gasteiger partial charge in [-0.15, -0.1) is 0 Å². The van der Waals surface area contributed by atoms with Crippen molar-refractivity contribution in [2.75, 3.05) is 0 Å².